The molecule has 0 saturated carbocycles. The third-order valence-corrected chi connectivity index (χ3v) is 2.79. The van der Waals surface area contributed by atoms with Gasteiger partial charge in [-0.3, -0.25) is 4.90 Å². The van der Waals surface area contributed by atoms with Gasteiger partial charge in [0.25, 0.3) is 6.43 Å². The number of amides is 1. The van der Waals surface area contributed by atoms with Gasteiger partial charge in [0, 0.05) is 25.7 Å². The van der Waals surface area contributed by atoms with Crippen molar-refractivity contribution in [3.63, 3.8) is 0 Å². The van der Waals surface area contributed by atoms with E-state index in [0.29, 0.717) is 6.42 Å². The minimum atomic E-state index is -3.05. The molecule has 16 heavy (non-hydrogen) atoms. The molecular formula is C9H15F3N2O2. The molecule has 1 aliphatic heterocycles. The number of nitrogens with zero attached hydrogens (tertiary/aromatic N) is 2. The van der Waals surface area contributed by atoms with Gasteiger partial charge in [0.1, 0.15) is 0 Å². The van der Waals surface area contributed by atoms with Crippen molar-refractivity contribution in [3.05, 3.63) is 0 Å². The monoisotopic (exact) mass is 240 g/mol. The predicted octanol–water partition coefficient (Wildman–Crippen LogP) is 1.62. The number of piperazine rings is 1. The first-order chi connectivity index (χ1) is 7.47. The van der Waals surface area contributed by atoms with Crippen molar-refractivity contribution in [3.8, 4) is 0 Å². The van der Waals surface area contributed by atoms with Gasteiger partial charge in [0.05, 0.1) is 0 Å². The van der Waals surface area contributed by atoms with Crippen LogP contribution in [0.25, 0.3) is 0 Å². The van der Waals surface area contributed by atoms with Crippen molar-refractivity contribution in [1.82, 2.24) is 9.80 Å². The maximum Gasteiger partial charge on any atom is 0.407 e. The lowest BCUT2D eigenvalue weighted by Gasteiger charge is -2.41. The molecule has 1 amide bonds. The van der Waals surface area contributed by atoms with Gasteiger partial charge in [0.2, 0.25) is 6.30 Å². The molecule has 0 bridgehead atoms. The average Bonchev–Trinajstić information content (AvgIpc) is 2.26. The highest BCUT2D eigenvalue weighted by Gasteiger charge is 2.36. The topological polar surface area (TPSA) is 43.8 Å². The Morgan fingerprint density at radius 2 is 2.06 bits per heavy atom. The number of alkyl halides is 3. The largest absolute Gasteiger partial charge is 0.465 e. The SMILES string of the molecule is CCC1CN(C(=O)O)CCN1C(F)C(F)F. The maximum absolute atomic E-state index is 13.2. The van der Waals surface area contributed by atoms with Crippen LogP contribution in [-0.4, -0.2) is 59.4 Å². The van der Waals surface area contributed by atoms with Gasteiger partial charge in [-0.2, -0.15) is 0 Å². The minimum absolute atomic E-state index is 0.0102. The molecule has 1 aliphatic rings. The molecule has 94 valence electrons. The molecule has 1 N–H and O–H groups in total. The Kier molecular flexibility index (Phi) is 4.40. The van der Waals surface area contributed by atoms with Crippen LogP contribution in [0, 0.1) is 0 Å². The van der Waals surface area contributed by atoms with Crippen molar-refractivity contribution in [2.75, 3.05) is 19.6 Å². The second-order valence-electron chi connectivity index (χ2n) is 3.74. The highest BCUT2D eigenvalue weighted by atomic mass is 19.3. The number of hydrogen-bond donors (Lipinski definition) is 1. The summed E-state index contributed by atoms with van der Waals surface area (Å²) in [6.45, 7) is 1.88. The summed E-state index contributed by atoms with van der Waals surface area (Å²) in [5, 5.41) is 8.75. The van der Waals surface area contributed by atoms with Crippen LogP contribution in [0.4, 0.5) is 18.0 Å². The van der Waals surface area contributed by atoms with Crippen LogP contribution in [-0.2, 0) is 0 Å². The molecule has 4 nitrogen and oxygen atoms in total. The molecule has 7 heteroatoms. The fourth-order valence-corrected chi connectivity index (χ4v) is 1.88. The van der Waals surface area contributed by atoms with Gasteiger partial charge in [-0.1, -0.05) is 6.92 Å². The first-order valence-corrected chi connectivity index (χ1v) is 5.13. The van der Waals surface area contributed by atoms with Crippen LogP contribution in [0.5, 0.6) is 0 Å². The fourth-order valence-electron chi connectivity index (χ4n) is 1.88. The van der Waals surface area contributed by atoms with Crippen molar-refractivity contribution < 1.29 is 23.1 Å². The van der Waals surface area contributed by atoms with Gasteiger partial charge in [0.15, 0.2) is 0 Å². The Bertz CT molecular complexity index is 253. The second-order valence-corrected chi connectivity index (χ2v) is 3.74. The van der Waals surface area contributed by atoms with Crippen molar-refractivity contribution in [2.45, 2.75) is 32.1 Å². The Hall–Kier alpha value is -0.980. The first-order valence-electron chi connectivity index (χ1n) is 5.13. The van der Waals surface area contributed by atoms with Gasteiger partial charge in [-0.25, -0.2) is 18.0 Å². The standard InChI is InChI=1S/C9H15F3N2O2/c1-2-6-5-13(9(15)16)3-4-14(6)8(12)7(10)11/h6-8H,2-5H2,1H3,(H,15,16). The predicted molar refractivity (Wildman–Crippen MR) is 51.3 cm³/mol. The summed E-state index contributed by atoms with van der Waals surface area (Å²) in [5.41, 5.74) is 0. The Morgan fingerprint density at radius 1 is 1.44 bits per heavy atom. The molecular weight excluding hydrogens is 225 g/mol. The highest BCUT2D eigenvalue weighted by molar-refractivity contribution is 5.65. The van der Waals surface area contributed by atoms with Crippen LogP contribution >= 0.6 is 0 Å². The quantitative estimate of drug-likeness (QED) is 0.762. The zero-order valence-corrected chi connectivity index (χ0v) is 8.94. The summed E-state index contributed by atoms with van der Waals surface area (Å²) in [4.78, 5) is 12.9. The van der Waals surface area contributed by atoms with E-state index >= 15 is 0 Å². The maximum atomic E-state index is 13.2. The van der Waals surface area contributed by atoms with E-state index in [-0.39, 0.29) is 19.6 Å². The van der Waals surface area contributed by atoms with E-state index in [9.17, 15) is 18.0 Å². The molecule has 2 unspecified atom stereocenters. The van der Waals surface area contributed by atoms with Gasteiger partial charge >= 0.3 is 6.09 Å². The van der Waals surface area contributed by atoms with Gasteiger partial charge < -0.3 is 10.0 Å². The highest BCUT2D eigenvalue weighted by Crippen LogP contribution is 2.20. The lowest BCUT2D eigenvalue weighted by Crippen LogP contribution is -2.57. The summed E-state index contributed by atoms with van der Waals surface area (Å²) in [7, 11) is 0. The van der Waals surface area contributed by atoms with E-state index in [1.807, 2.05) is 0 Å². The van der Waals surface area contributed by atoms with Crippen molar-refractivity contribution >= 4 is 6.09 Å². The van der Waals surface area contributed by atoms with Gasteiger partial charge in [-0.05, 0) is 6.42 Å². The summed E-state index contributed by atoms with van der Waals surface area (Å²) < 4.78 is 37.6. The Labute approximate surface area is 91.6 Å². The fraction of sp³-hybridized carbons (Fsp3) is 0.889. The zero-order valence-electron chi connectivity index (χ0n) is 8.94. The summed E-state index contributed by atoms with van der Waals surface area (Å²) in [6.07, 6.45) is -6.01. The first kappa shape index (κ1) is 13.1. The molecule has 1 fully saturated rings. The summed E-state index contributed by atoms with van der Waals surface area (Å²) in [6, 6.07) is -0.478. The Balaban J connectivity index is 2.65. The Morgan fingerprint density at radius 3 is 2.50 bits per heavy atom. The van der Waals surface area contributed by atoms with Gasteiger partial charge in [-0.15, -0.1) is 0 Å². The molecule has 1 heterocycles. The smallest absolute Gasteiger partial charge is 0.407 e. The molecule has 0 aromatic heterocycles. The number of halogens is 3. The van der Waals surface area contributed by atoms with Crippen LogP contribution in [0.2, 0.25) is 0 Å². The van der Waals surface area contributed by atoms with Crippen LogP contribution in [0.15, 0.2) is 0 Å². The van der Waals surface area contributed by atoms with E-state index in [2.05, 4.69) is 0 Å². The third kappa shape index (κ3) is 2.78. The average molecular weight is 240 g/mol. The molecule has 0 aliphatic carbocycles. The van der Waals surface area contributed by atoms with E-state index in [0.717, 1.165) is 9.80 Å². The number of carboxylic acid groups (broad SMARTS) is 1. The minimum Gasteiger partial charge on any atom is -0.465 e. The van der Waals surface area contributed by atoms with Crippen molar-refractivity contribution in [1.29, 1.82) is 0 Å². The third-order valence-electron chi connectivity index (χ3n) is 2.79. The molecule has 0 radical (unpaired) electrons. The lowest BCUT2D eigenvalue weighted by molar-refractivity contribution is -0.0870. The molecule has 0 spiro atoms. The van der Waals surface area contributed by atoms with E-state index < -0.39 is 24.9 Å². The molecule has 1 rings (SSSR count). The summed E-state index contributed by atoms with van der Waals surface area (Å²) >= 11 is 0. The molecule has 2 atom stereocenters. The van der Waals surface area contributed by atoms with Crippen molar-refractivity contribution in [2.24, 2.45) is 0 Å². The molecule has 0 aromatic carbocycles. The lowest BCUT2D eigenvalue weighted by atomic mass is 10.1. The van der Waals surface area contributed by atoms with Crippen LogP contribution in [0.1, 0.15) is 13.3 Å². The second kappa shape index (κ2) is 5.38. The molecule has 0 aromatic rings. The normalized spacial score (nSPS) is 24.8. The van der Waals surface area contributed by atoms with Crippen LogP contribution < -0.4 is 0 Å². The molecule has 1 saturated heterocycles. The van der Waals surface area contributed by atoms with E-state index in [4.69, 9.17) is 5.11 Å². The van der Waals surface area contributed by atoms with E-state index in [1.165, 1.54) is 0 Å². The number of hydrogen-bond acceptors (Lipinski definition) is 2. The van der Waals surface area contributed by atoms with Crippen LogP contribution in [0.3, 0.4) is 0 Å². The van der Waals surface area contributed by atoms with E-state index in [1.54, 1.807) is 6.92 Å². The number of rotatable bonds is 3. The zero-order chi connectivity index (χ0) is 12.3. The number of carbonyl (C=O) groups is 1. The summed E-state index contributed by atoms with van der Waals surface area (Å²) in [5.74, 6) is 0.